The molecule has 4 rings (SSSR count). The Bertz CT molecular complexity index is 1620. The van der Waals surface area contributed by atoms with Gasteiger partial charge in [-0.25, -0.2) is 14.4 Å². The monoisotopic (exact) mass is 621 g/mol. The molecule has 1 aliphatic rings. The second kappa shape index (κ2) is 16.2. The molecule has 3 aromatic heterocycles. The van der Waals surface area contributed by atoms with Crippen LogP contribution in [0.25, 0.3) is 6.08 Å². The molecule has 3 aromatic rings. The molecule has 0 fully saturated rings. The molecule has 44 heavy (non-hydrogen) atoms. The van der Waals surface area contributed by atoms with Crippen LogP contribution in [0.3, 0.4) is 0 Å². The fourth-order valence-corrected chi connectivity index (χ4v) is 5.02. The molecule has 232 valence electrons. The van der Waals surface area contributed by atoms with Gasteiger partial charge in [0.2, 0.25) is 12.3 Å². The first-order chi connectivity index (χ1) is 21.0. The van der Waals surface area contributed by atoms with Crippen molar-refractivity contribution >= 4 is 51.7 Å². The predicted octanol–water partition coefficient (Wildman–Crippen LogP) is 4.25. The molecule has 0 bridgehead atoms. The average molecular weight is 622 g/mol. The highest BCUT2D eigenvalue weighted by atomic mass is 32.2. The van der Waals surface area contributed by atoms with E-state index in [2.05, 4.69) is 32.5 Å². The van der Waals surface area contributed by atoms with Gasteiger partial charge in [-0.2, -0.15) is 0 Å². The second-order valence-electron chi connectivity index (χ2n) is 9.99. The zero-order valence-corrected chi connectivity index (χ0v) is 25.6. The molecule has 1 unspecified atom stereocenters. The number of hydrogen-bond donors (Lipinski definition) is 5. The van der Waals surface area contributed by atoms with Crippen LogP contribution in [-0.4, -0.2) is 48.5 Å². The minimum Gasteiger partial charge on any atom is -0.384 e. The van der Waals surface area contributed by atoms with Crippen LogP contribution in [0.2, 0.25) is 0 Å². The Balaban J connectivity index is 0.000000340. The van der Waals surface area contributed by atoms with Gasteiger partial charge in [0, 0.05) is 25.4 Å². The van der Waals surface area contributed by atoms with E-state index in [1.165, 1.54) is 29.1 Å². The third-order valence-corrected chi connectivity index (χ3v) is 7.35. The number of nitrogens with zero attached hydrogens (tertiary/aromatic N) is 4. The molecule has 4 heterocycles. The number of aryl methyl sites for hydroxylation is 2. The summed E-state index contributed by atoms with van der Waals surface area (Å²) in [6.45, 7) is 6.01. The van der Waals surface area contributed by atoms with Crippen molar-refractivity contribution in [3.63, 3.8) is 0 Å². The van der Waals surface area contributed by atoms with Crippen LogP contribution in [0, 0.1) is 23.6 Å². The SMILES string of the molecule is CC(=N)SC(=N)c1ncccc1F.CCCC/C(=C\c1cnc(N)cc1C)CNC(=O)C1CCc2ncc(NC=O)c(=O)n21. The quantitative estimate of drug-likeness (QED) is 0.126. The largest absolute Gasteiger partial charge is 0.384 e. The number of carbonyl (C=O) groups is 2. The van der Waals surface area contributed by atoms with Crippen molar-refractivity contribution in [1.82, 2.24) is 24.8 Å². The van der Waals surface area contributed by atoms with E-state index >= 15 is 0 Å². The summed E-state index contributed by atoms with van der Waals surface area (Å²) in [7, 11) is 0. The van der Waals surface area contributed by atoms with E-state index in [1.54, 1.807) is 13.1 Å². The first kappa shape index (κ1) is 33.8. The lowest BCUT2D eigenvalue weighted by Crippen LogP contribution is -2.37. The van der Waals surface area contributed by atoms with Crippen molar-refractivity contribution in [3.8, 4) is 0 Å². The number of nitrogen functional groups attached to an aromatic ring is 1. The fraction of sp³-hybridized carbons (Fsp3) is 0.333. The summed E-state index contributed by atoms with van der Waals surface area (Å²) in [5, 5.41) is 20.1. The van der Waals surface area contributed by atoms with Crippen LogP contribution in [0.4, 0.5) is 15.9 Å². The lowest BCUT2D eigenvalue weighted by Gasteiger charge is -2.16. The maximum Gasteiger partial charge on any atom is 0.278 e. The number of aromatic nitrogens is 4. The summed E-state index contributed by atoms with van der Waals surface area (Å²) in [6, 6.07) is 3.89. The number of unbranched alkanes of at least 4 members (excludes halogenated alkanes) is 1. The maximum atomic E-state index is 13.0. The van der Waals surface area contributed by atoms with E-state index in [0.29, 0.717) is 37.4 Å². The highest BCUT2D eigenvalue weighted by molar-refractivity contribution is 8.26. The third-order valence-electron chi connectivity index (χ3n) is 6.64. The zero-order valence-electron chi connectivity index (χ0n) is 24.8. The maximum absolute atomic E-state index is 13.0. The van der Waals surface area contributed by atoms with Crippen LogP contribution in [0.15, 0.2) is 47.2 Å². The first-order valence-electron chi connectivity index (χ1n) is 14.0. The van der Waals surface area contributed by atoms with Gasteiger partial charge in [-0.1, -0.05) is 36.8 Å². The van der Waals surface area contributed by atoms with Gasteiger partial charge in [0.25, 0.3) is 5.56 Å². The van der Waals surface area contributed by atoms with Gasteiger partial charge < -0.3 is 16.4 Å². The minimum atomic E-state index is -0.643. The van der Waals surface area contributed by atoms with Crippen molar-refractivity contribution in [2.75, 3.05) is 17.6 Å². The first-order valence-corrected chi connectivity index (χ1v) is 14.8. The number of hydrogen-bond acceptors (Lipinski definition) is 10. The molecule has 2 amide bonds. The highest BCUT2D eigenvalue weighted by Crippen LogP contribution is 2.24. The topological polar surface area (TPSA) is 193 Å². The van der Waals surface area contributed by atoms with Gasteiger partial charge in [0.1, 0.15) is 34.1 Å². The van der Waals surface area contributed by atoms with Crippen LogP contribution in [0.5, 0.6) is 0 Å². The molecular weight excluding hydrogens is 585 g/mol. The molecule has 1 atom stereocenters. The Morgan fingerprint density at radius 2 is 2.05 bits per heavy atom. The molecular formula is C30H36FN9O3S. The second-order valence-corrected chi connectivity index (χ2v) is 11.2. The van der Waals surface area contributed by atoms with E-state index in [1.807, 2.05) is 19.1 Å². The lowest BCUT2D eigenvalue weighted by atomic mass is 10.0. The van der Waals surface area contributed by atoms with Gasteiger partial charge >= 0.3 is 0 Å². The Labute approximate surface area is 258 Å². The number of rotatable bonds is 10. The predicted molar refractivity (Wildman–Crippen MR) is 171 cm³/mol. The molecule has 12 nitrogen and oxygen atoms in total. The molecule has 0 saturated carbocycles. The third kappa shape index (κ3) is 9.14. The van der Waals surface area contributed by atoms with Gasteiger partial charge in [-0.15, -0.1) is 0 Å². The Hall–Kier alpha value is -4.72. The number of nitrogens with two attached hydrogens (primary N) is 1. The van der Waals surface area contributed by atoms with E-state index < -0.39 is 17.4 Å². The number of carbonyl (C=O) groups excluding carboxylic acids is 2. The summed E-state index contributed by atoms with van der Waals surface area (Å²) in [6.07, 6.45) is 10.9. The van der Waals surface area contributed by atoms with Crippen LogP contribution < -0.4 is 21.9 Å². The van der Waals surface area contributed by atoms with Crippen molar-refractivity contribution in [1.29, 1.82) is 10.8 Å². The number of anilines is 2. The van der Waals surface area contributed by atoms with Crippen molar-refractivity contribution < 1.29 is 14.0 Å². The summed E-state index contributed by atoms with van der Waals surface area (Å²) in [5.41, 5.74) is 8.44. The standard InChI is InChI=1S/C22H28N6O3.C8H8FN3S/c1-3-4-5-15(9-16-11-24-19(23)8-14(16)2)10-26-21(30)18-6-7-20-25-12-17(27-13-29)22(31)28(18)20;1-5(10)13-8(11)7-6(9)3-2-4-12-7/h8-9,11-13,18H,3-7,10H2,1-2H3,(H2,23,24)(H,26,30)(H,27,29);2-4,10-11H,1H3/b15-9+;. The highest BCUT2D eigenvalue weighted by Gasteiger charge is 2.31. The number of halogens is 1. The summed E-state index contributed by atoms with van der Waals surface area (Å²) < 4.78 is 14.4. The summed E-state index contributed by atoms with van der Waals surface area (Å²) in [5.74, 6) is 0.258. The molecule has 0 aliphatic carbocycles. The number of thioether (sulfide) groups is 1. The minimum absolute atomic E-state index is 0.000833. The number of nitrogens with one attached hydrogen (secondary N) is 4. The van der Waals surface area contributed by atoms with E-state index in [0.717, 1.165) is 47.7 Å². The van der Waals surface area contributed by atoms with E-state index in [-0.39, 0.29) is 27.4 Å². The molecule has 6 N–H and O–H groups in total. The van der Waals surface area contributed by atoms with Gasteiger partial charge in [0.05, 0.1) is 11.2 Å². The zero-order chi connectivity index (χ0) is 32.2. The summed E-state index contributed by atoms with van der Waals surface area (Å²) in [4.78, 5) is 48.4. The van der Waals surface area contributed by atoms with Crippen molar-refractivity contribution in [3.05, 3.63) is 81.2 Å². The smallest absolute Gasteiger partial charge is 0.278 e. The Morgan fingerprint density at radius 1 is 1.27 bits per heavy atom. The van der Waals surface area contributed by atoms with E-state index in [9.17, 15) is 18.8 Å². The van der Waals surface area contributed by atoms with Gasteiger partial charge in [-0.05, 0) is 62.4 Å². The molecule has 1 aliphatic heterocycles. The van der Waals surface area contributed by atoms with Crippen LogP contribution in [0.1, 0.15) is 68.2 Å². The number of fused-ring (bicyclic) bond motifs is 1. The van der Waals surface area contributed by atoms with Crippen molar-refractivity contribution in [2.45, 2.75) is 58.9 Å². The Kier molecular flexibility index (Phi) is 12.4. The molecule has 0 radical (unpaired) electrons. The van der Waals surface area contributed by atoms with Gasteiger partial charge in [-0.3, -0.25) is 34.8 Å². The lowest BCUT2D eigenvalue weighted by molar-refractivity contribution is -0.124. The van der Waals surface area contributed by atoms with Crippen LogP contribution >= 0.6 is 11.8 Å². The summed E-state index contributed by atoms with van der Waals surface area (Å²) >= 11 is 0.886. The molecule has 0 spiro atoms. The normalized spacial score (nSPS) is 13.7. The van der Waals surface area contributed by atoms with Gasteiger partial charge in [0.15, 0.2) is 5.82 Å². The number of pyridine rings is 2. The molecule has 0 saturated heterocycles. The fourth-order valence-electron chi connectivity index (χ4n) is 4.46. The average Bonchev–Trinajstić information content (AvgIpc) is 3.42. The molecule has 14 heteroatoms. The van der Waals surface area contributed by atoms with Crippen LogP contribution in [-0.2, 0) is 16.0 Å². The van der Waals surface area contributed by atoms with E-state index in [4.69, 9.17) is 16.6 Å². The van der Waals surface area contributed by atoms with Crippen molar-refractivity contribution in [2.24, 2.45) is 0 Å². The Morgan fingerprint density at radius 3 is 2.70 bits per heavy atom. The number of amides is 2. The molecule has 0 aromatic carbocycles.